The highest BCUT2D eigenvalue weighted by Gasteiger charge is 2.50. The second-order valence-electron chi connectivity index (χ2n) is 31.1. The Hall–Kier alpha value is -14.5. The number of hydrogen-bond acceptors (Lipinski definition) is 4. The Labute approximate surface area is 670 Å². The van der Waals surface area contributed by atoms with Crippen LogP contribution in [0.2, 0.25) is 0 Å². The molecule has 0 saturated carbocycles. The second-order valence-corrected chi connectivity index (χ2v) is 37.1. The van der Waals surface area contributed by atoms with Gasteiger partial charge in [-0.3, -0.25) is 9.13 Å². The maximum absolute atomic E-state index is 5.59. The van der Waals surface area contributed by atoms with E-state index >= 15 is 0 Å². The van der Waals surface area contributed by atoms with E-state index < -0.39 is 20.1 Å². The quantitative estimate of drug-likeness (QED) is 0.160. The maximum atomic E-state index is 5.59. The molecule has 18 aromatic carbocycles. The molecule has 0 saturated heterocycles. The Morgan fingerprint density at radius 1 is 0.181 bits per heavy atom. The summed E-state index contributed by atoms with van der Waals surface area (Å²) in [5.74, 6) is 1.27. The van der Waals surface area contributed by atoms with E-state index in [-0.39, 0.29) is 0 Å². The van der Waals surface area contributed by atoms with Crippen molar-refractivity contribution in [1.29, 1.82) is 0 Å². The predicted molar refractivity (Wildman–Crippen MR) is 479 cm³/mol. The molecule has 0 radical (unpaired) electrons. The molecule has 22 aromatic rings. The van der Waals surface area contributed by atoms with Gasteiger partial charge in [0.25, 0.3) is 0 Å². The molecule has 0 amide bonds. The first-order valence-electron chi connectivity index (χ1n) is 39.7. The summed E-state index contributed by atoms with van der Waals surface area (Å²) in [6.45, 7) is 0. The van der Waals surface area contributed by atoms with Crippen molar-refractivity contribution >= 4 is 107 Å². The Balaban J connectivity index is 0.653. The first kappa shape index (κ1) is 64.0. The molecule has 26 rings (SSSR count). The maximum Gasteiger partial charge on any atom is 0.235 e. The number of benzene rings is 18. The zero-order valence-corrected chi connectivity index (χ0v) is 64.1. The minimum atomic E-state index is -1.94. The molecule has 2 spiro atoms. The van der Waals surface area contributed by atoms with Crippen LogP contribution in [0.15, 0.2) is 427 Å². The molecule has 0 N–H and O–H groups in total. The van der Waals surface area contributed by atoms with Gasteiger partial charge in [0.1, 0.15) is 0 Å². The summed E-state index contributed by atoms with van der Waals surface area (Å²) in [7, 11) is -3.69. The van der Waals surface area contributed by atoms with E-state index in [1.54, 1.807) is 0 Å². The fourth-order valence-electron chi connectivity index (χ4n) is 20.2. The third kappa shape index (κ3) is 8.72. The fourth-order valence-corrected chi connectivity index (χ4v) is 29.4. The highest BCUT2D eigenvalue weighted by Crippen LogP contribution is 2.86. The lowest BCUT2D eigenvalue weighted by molar-refractivity contribution is 1.01. The van der Waals surface area contributed by atoms with Crippen molar-refractivity contribution in [2.45, 2.75) is 39.2 Å². The van der Waals surface area contributed by atoms with Crippen molar-refractivity contribution < 1.29 is 0 Å². The zero-order valence-electron chi connectivity index (χ0n) is 62.5. The molecule has 4 aliphatic rings. The minimum absolute atomic E-state index is 0.631. The first-order valence-corrected chi connectivity index (χ1v) is 43.0. The van der Waals surface area contributed by atoms with Gasteiger partial charge in [-0.05, 0) is 227 Å². The van der Waals surface area contributed by atoms with Crippen LogP contribution in [0, 0.1) is 0 Å². The monoisotopic (exact) mass is 1510 g/mol. The molecule has 0 aliphatic carbocycles. The van der Waals surface area contributed by atoms with E-state index in [2.05, 4.69) is 397 Å². The van der Waals surface area contributed by atoms with Crippen LogP contribution in [0.5, 0.6) is 0 Å². The lowest BCUT2D eigenvalue weighted by Crippen LogP contribution is -2.03. The molecule has 538 valence electrons. The van der Waals surface area contributed by atoms with Gasteiger partial charge in [0, 0.05) is 82.6 Å². The first-order chi connectivity index (χ1) is 57.5. The van der Waals surface area contributed by atoms with E-state index in [4.69, 9.17) is 19.9 Å². The summed E-state index contributed by atoms with van der Waals surface area (Å²) in [6, 6.07) is 145. The third-order valence-corrected chi connectivity index (χ3v) is 33.4. The van der Waals surface area contributed by atoms with E-state index in [1.165, 1.54) is 111 Å². The Morgan fingerprint density at radius 3 is 1.03 bits per heavy atom. The molecule has 8 heterocycles. The lowest BCUT2D eigenvalue weighted by Gasteiger charge is -2.36. The van der Waals surface area contributed by atoms with Crippen LogP contribution in [-0.4, -0.2) is 29.1 Å². The van der Waals surface area contributed by atoms with E-state index in [1.807, 2.05) is 0 Å². The summed E-state index contributed by atoms with van der Waals surface area (Å²) < 4.78 is 4.60. The molecule has 0 atom stereocenters. The number of nitrogens with zero attached hydrogens (tertiary/aromatic N) is 6. The smallest absolute Gasteiger partial charge is 0.235 e. The zero-order chi connectivity index (χ0) is 75.6. The number of para-hydroxylation sites is 2. The molecule has 0 bridgehead atoms. The second kappa shape index (κ2) is 24.0. The molecule has 4 aromatic heterocycles. The Kier molecular flexibility index (Phi) is 13.3. The Morgan fingerprint density at radius 2 is 0.526 bits per heavy atom. The van der Waals surface area contributed by atoms with Gasteiger partial charge in [-0.25, -0.2) is 19.9 Å². The van der Waals surface area contributed by atoms with Gasteiger partial charge in [-0.2, -0.15) is 0 Å². The molecule has 8 heteroatoms. The minimum Gasteiger partial charge on any atom is -0.278 e. The van der Waals surface area contributed by atoms with Crippen LogP contribution in [0.4, 0.5) is 0 Å². The van der Waals surface area contributed by atoms with Gasteiger partial charge in [0.15, 0.2) is 0 Å². The molecule has 0 fully saturated rings. The fraction of sp³-hybridized carbons (Fsp3) is 0. The number of rotatable bonds is 7. The van der Waals surface area contributed by atoms with Gasteiger partial charge >= 0.3 is 0 Å². The third-order valence-electron chi connectivity index (χ3n) is 25.2. The van der Waals surface area contributed by atoms with Crippen molar-refractivity contribution in [3.8, 4) is 112 Å². The molecule has 116 heavy (non-hydrogen) atoms. The normalized spacial score (nSPS) is 14.0. The van der Waals surface area contributed by atoms with Gasteiger partial charge < -0.3 is 0 Å². The van der Waals surface area contributed by atoms with Crippen LogP contribution >= 0.6 is 20.1 Å². The predicted octanol–water partition coefficient (Wildman–Crippen LogP) is 29.0. The standard InChI is InChI=1S/C108H64N6S2/c1-3-24-66(25-4-1)105-82-34-9-16-36-90(82)109-107(111-105)113-93-52-47-70(62-89(93)104-76-28-8-7-23-65(76)45-53-94(104)113)73-50-56-103-88(61-73)87-60-71(48-55-102(87)116(103)98-40-20-13-31-79(98)80-32-14-21-41-99(80)116)68-43-44-74-64-95-85(63-75(74)57-68)84-58-69(46-51-92(84)114(95)108-110-91-37-17-10-35-83(91)106(112-108)67-26-5-2-6-27-67)72-49-54-101-86(59-72)81-33-15-22-42-100(81)115(101)96-38-18-11-29-77(96)78-30-12-19-39-97(78)115/h1-64H. The van der Waals surface area contributed by atoms with Crippen LogP contribution in [0.25, 0.3) is 199 Å². The summed E-state index contributed by atoms with van der Waals surface area (Å²) >= 11 is 0. The Bertz CT molecular complexity index is 8030. The molecule has 4 aliphatic heterocycles. The lowest BCUT2D eigenvalue weighted by atomic mass is 9.94. The number of fused-ring (bicyclic) bond motifs is 31. The van der Waals surface area contributed by atoms with Crippen molar-refractivity contribution in [3.63, 3.8) is 0 Å². The van der Waals surface area contributed by atoms with Gasteiger partial charge in [-0.1, -0.05) is 261 Å². The molecular formula is C108H64N6S2. The average Bonchev–Trinajstić information content (AvgIpc) is 1.51. The molecular weight excluding hydrogens is 1450 g/mol. The van der Waals surface area contributed by atoms with Gasteiger partial charge in [0.2, 0.25) is 11.9 Å². The average molecular weight is 1510 g/mol. The van der Waals surface area contributed by atoms with E-state index in [0.29, 0.717) is 11.9 Å². The van der Waals surface area contributed by atoms with Crippen molar-refractivity contribution in [3.05, 3.63) is 388 Å². The van der Waals surface area contributed by atoms with E-state index in [9.17, 15) is 0 Å². The van der Waals surface area contributed by atoms with Gasteiger partial charge in [-0.15, -0.1) is 20.1 Å². The topological polar surface area (TPSA) is 61.4 Å². The molecule has 0 unspecified atom stereocenters. The highest BCUT2D eigenvalue weighted by molar-refractivity contribution is 8.35. The summed E-state index contributed by atoms with van der Waals surface area (Å²) in [5.41, 5.74) is 27.3. The van der Waals surface area contributed by atoms with Gasteiger partial charge in [0.05, 0.1) is 44.5 Å². The van der Waals surface area contributed by atoms with Crippen molar-refractivity contribution in [2.24, 2.45) is 0 Å². The van der Waals surface area contributed by atoms with E-state index in [0.717, 1.165) is 116 Å². The summed E-state index contributed by atoms with van der Waals surface area (Å²) in [5, 5.41) is 11.3. The highest BCUT2D eigenvalue weighted by atomic mass is 32.3. The largest absolute Gasteiger partial charge is 0.278 e. The number of hydrogen-bond donors (Lipinski definition) is 0. The van der Waals surface area contributed by atoms with Crippen LogP contribution in [-0.2, 0) is 0 Å². The SMILES string of the molecule is c1ccc(-c2nc(-n3c4ccc(-c5ccc6c(c5)-c5ccccc5S65c6ccccc6-c6ccccc65)cc4c4cc5cc(-c6ccc7c(c6)-c6cc(-c8ccc9c(c8)c8c%10ccccc%10ccc8n9-c8nc(-c9ccccc9)c9ccccc9n8)ccc6S76c7ccccc7-c7ccccc76)ccc5cc43)nc3ccccc23)cc1. The van der Waals surface area contributed by atoms with Crippen LogP contribution in [0.1, 0.15) is 0 Å². The molecule has 6 nitrogen and oxygen atoms in total. The van der Waals surface area contributed by atoms with Crippen LogP contribution in [0.3, 0.4) is 0 Å². The number of aromatic nitrogens is 6. The summed E-state index contributed by atoms with van der Waals surface area (Å²) in [6.07, 6.45) is 0. The van der Waals surface area contributed by atoms with Crippen molar-refractivity contribution in [2.75, 3.05) is 0 Å². The summed E-state index contributed by atoms with van der Waals surface area (Å²) in [4.78, 5) is 33.2. The van der Waals surface area contributed by atoms with Crippen LogP contribution < -0.4 is 0 Å². The van der Waals surface area contributed by atoms with Crippen molar-refractivity contribution in [1.82, 2.24) is 29.1 Å².